The van der Waals surface area contributed by atoms with E-state index in [0.717, 1.165) is 37.0 Å². The number of thiophene rings is 1. The van der Waals surface area contributed by atoms with E-state index in [2.05, 4.69) is 26.3 Å². The standard InChI is InChI=1S/C17H21N5O2S2/c18-16-20-13(4-14(21-16)26-15-2-1-3-25-15)22-6-11-10(7-23)12-5-19-8-17(11,9-22)24-12/h1-4,10-12,19,23H,5-9H2,(H2,18,20,21)/t10-,11+,12+,17+/m0/s1. The summed E-state index contributed by atoms with van der Waals surface area (Å²) in [5, 5.41) is 16.2. The zero-order chi connectivity index (χ0) is 17.7. The molecule has 1 spiro atoms. The van der Waals surface area contributed by atoms with Gasteiger partial charge in [0.05, 0.1) is 16.9 Å². The summed E-state index contributed by atoms with van der Waals surface area (Å²) in [6.07, 6.45) is 0.112. The number of ether oxygens (including phenoxy) is 1. The third-order valence-electron chi connectivity index (χ3n) is 5.64. The Balaban J connectivity index is 1.42. The Kier molecular flexibility index (Phi) is 4.09. The van der Waals surface area contributed by atoms with E-state index < -0.39 is 0 Å². The Bertz CT molecular complexity index is 804. The van der Waals surface area contributed by atoms with Crippen LogP contribution in [-0.4, -0.2) is 59.6 Å². The summed E-state index contributed by atoms with van der Waals surface area (Å²) in [5.41, 5.74) is 5.74. The first-order valence-electron chi connectivity index (χ1n) is 8.77. The number of nitrogens with one attached hydrogen (secondary N) is 1. The van der Waals surface area contributed by atoms with Gasteiger partial charge in [0.25, 0.3) is 0 Å². The van der Waals surface area contributed by atoms with Crippen molar-refractivity contribution in [2.75, 3.05) is 43.4 Å². The minimum atomic E-state index is -0.239. The van der Waals surface area contributed by atoms with Crippen molar-refractivity contribution in [3.8, 4) is 0 Å². The fourth-order valence-electron chi connectivity index (χ4n) is 4.54. The summed E-state index contributed by atoms with van der Waals surface area (Å²) in [6, 6.07) is 6.10. The third kappa shape index (κ3) is 2.69. The Labute approximate surface area is 160 Å². The zero-order valence-electron chi connectivity index (χ0n) is 14.2. The highest BCUT2D eigenvalue weighted by atomic mass is 32.2. The Morgan fingerprint density at radius 3 is 3.23 bits per heavy atom. The quantitative estimate of drug-likeness (QED) is 0.666. The number of nitrogens with zero attached hydrogens (tertiary/aromatic N) is 3. The topological polar surface area (TPSA) is 96.5 Å². The fraction of sp³-hybridized carbons (Fsp3) is 0.529. The lowest BCUT2D eigenvalue weighted by Gasteiger charge is -2.34. The van der Waals surface area contributed by atoms with Gasteiger partial charge in [0.1, 0.15) is 16.4 Å². The minimum absolute atomic E-state index is 0.112. The van der Waals surface area contributed by atoms with Crippen molar-refractivity contribution >= 4 is 34.9 Å². The third-order valence-corrected chi connectivity index (χ3v) is 7.60. The second-order valence-corrected chi connectivity index (χ2v) is 9.41. The van der Waals surface area contributed by atoms with Crippen molar-refractivity contribution in [2.45, 2.75) is 20.9 Å². The molecule has 0 aliphatic carbocycles. The first kappa shape index (κ1) is 16.8. The van der Waals surface area contributed by atoms with E-state index in [-0.39, 0.29) is 30.2 Å². The molecule has 0 unspecified atom stereocenters. The van der Waals surface area contributed by atoms with Crippen LogP contribution >= 0.6 is 23.1 Å². The molecule has 138 valence electrons. The number of nitrogens with two attached hydrogens (primary N) is 1. The summed E-state index contributed by atoms with van der Waals surface area (Å²) in [4.78, 5) is 11.1. The lowest BCUT2D eigenvalue weighted by Crippen LogP contribution is -2.52. The number of nitrogen functional groups attached to an aromatic ring is 1. The van der Waals surface area contributed by atoms with Gasteiger partial charge in [-0.2, -0.15) is 4.98 Å². The molecule has 26 heavy (non-hydrogen) atoms. The molecular formula is C17H21N5O2S2. The highest BCUT2D eigenvalue weighted by Gasteiger charge is 2.60. The molecule has 3 fully saturated rings. The monoisotopic (exact) mass is 391 g/mol. The van der Waals surface area contributed by atoms with Crippen LogP contribution in [0.1, 0.15) is 0 Å². The van der Waals surface area contributed by atoms with E-state index in [9.17, 15) is 5.11 Å². The summed E-state index contributed by atoms with van der Waals surface area (Å²) in [5.74, 6) is 1.60. The normalized spacial score (nSPS) is 32.8. The molecule has 4 atom stereocenters. The number of morpholine rings is 1. The number of hydrogen-bond acceptors (Lipinski definition) is 9. The molecule has 3 aliphatic heterocycles. The molecule has 5 rings (SSSR count). The Hall–Kier alpha value is -1.39. The molecule has 3 aliphatic rings. The van der Waals surface area contributed by atoms with Gasteiger partial charge in [-0.25, -0.2) is 4.98 Å². The second-order valence-electron chi connectivity index (χ2n) is 7.14. The molecule has 7 nitrogen and oxygen atoms in total. The highest BCUT2D eigenvalue weighted by Crippen LogP contribution is 2.48. The molecule has 0 aromatic carbocycles. The first-order chi connectivity index (χ1) is 12.7. The van der Waals surface area contributed by atoms with Gasteiger partial charge in [-0.1, -0.05) is 17.8 Å². The second kappa shape index (κ2) is 6.35. The first-order valence-corrected chi connectivity index (χ1v) is 10.5. The molecule has 9 heteroatoms. The van der Waals surface area contributed by atoms with Crippen molar-refractivity contribution in [1.82, 2.24) is 15.3 Å². The predicted octanol–water partition coefficient (Wildman–Crippen LogP) is 1.06. The van der Waals surface area contributed by atoms with E-state index in [0.29, 0.717) is 5.92 Å². The van der Waals surface area contributed by atoms with Crippen LogP contribution < -0.4 is 16.0 Å². The SMILES string of the molecule is Nc1nc(Sc2cccs2)cc(N2C[C@@H]3[C@H](CO)[C@H]4CNC[C@]3(C2)O4)n1. The average molecular weight is 392 g/mol. The number of anilines is 2. The van der Waals surface area contributed by atoms with Crippen molar-refractivity contribution in [3.05, 3.63) is 23.6 Å². The smallest absolute Gasteiger partial charge is 0.223 e. The Morgan fingerprint density at radius 1 is 1.50 bits per heavy atom. The maximum Gasteiger partial charge on any atom is 0.223 e. The number of fused-ring (bicyclic) bond motifs is 1. The van der Waals surface area contributed by atoms with Gasteiger partial charge in [-0.3, -0.25) is 0 Å². The van der Waals surface area contributed by atoms with Crippen molar-refractivity contribution in [1.29, 1.82) is 0 Å². The minimum Gasteiger partial charge on any atom is -0.396 e. The maximum atomic E-state index is 9.87. The van der Waals surface area contributed by atoms with Crippen LogP contribution in [0.4, 0.5) is 11.8 Å². The van der Waals surface area contributed by atoms with Gasteiger partial charge in [0, 0.05) is 44.1 Å². The lowest BCUT2D eigenvalue weighted by atomic mass is 9.83. The van der Waals surface area contributed by atoms with Crippen LogP contribution in [0.3, 0.4) is 0 Å². The number of aliphatic hydroxyl groups is 1. The van der Waals surface area contributed by atoms with Crippen LogP contribution in [0.15, 0.2) is 32.8 Å². The molecule has 3 saturated heterocycles. The zero-order valence-corrected chi connectivity index (χ0v) is 15.8. The van der Waals surface area contributed by atoms with Crippen LogP contribution in [0.2, 0.25) is 0 Å². The molecule has 0 amide bonds. The number of rotatable bonds is 4. The lowest BCUT2D eigenvalue weighted by molar-refractivity contribution is -0.0654. The average Bonchev–Trinajstić information content (AvgIpc) is 3.28. The summed E-state index contributed by atoms with van der Waals surface area (Å²) >= 11 is 3.28. The maximum absolute atomic E-state index is 9.87. The summed E-state index contributed by atoms with van der Waals surface area (Å²) < 4.78 is 7.54. The molecule has 0 radical (unpaired) electrons. The number of hydrogen-bond donors (Lipinski definition) is 3. The summed E-state index contributed by atoms with van der Waals surface area (Å²) in [7, 11) is 0. The van der Waals surface area contributed by atoms with Crippen molar-refractivity contribution in [2.24, 2.45) is 11.8 Å². The molecule has 2 aromatic rings. The molecule has 2 aromatic heterocycles. The number of aromatic nitrogens is 2. The van der Waals surface area contributed by atoms with Gasteiger partial charge in [-0.05, 0) is 11.4 Å². The van der Waals surface area contributed by atoms with Gasteiger partial charge in [0.15, 0.2) is 0 Å². The van der Waals surface area contributed by atoms with E-state index in [4.69, 9.17) is 10.5 Å². The van der Waals surface area contributed by atoms with Crippen LogP contribution in [0.25, 0.3) is 0 Å². The van der Waals surface area contributed by atoms with E-state index in [1.807, 2.05) is 17.5 Å². The van der Waals surface area contributed by atoms with Gasteiger partial charge in [0.2, 0.25) is 5.95 Å². The van der Waals surface area contributed by atoms with E-state index >= 15 is 0 Å². The van der Waals surface area contributed by atoms with Gasteiger partial charge in [-0.15, -0.1) is 11.3 Å². The van der Waals surface area contributed by atoms with E-state index in [1.165, 1.54) is 4.21 Å². The molecule has 5 heterocycles. The van der Waals surface area contributed by atoms with Gasteiger partial charge < -0.3 is 25.8 Å². The Morgan fingerprint density at radius 2 is 2.42 bits per heavy atom. The van der Waals surface area contributed by atoms with Crippen molar-refractivity contribution in [3.63, 3.8) is 0 Å². The van der Waals surface area contributed by atoms with Crippen LogP contribution in [0.5, 0.6) is 0 Å². The molecule has 4 N–H and O–H groups in total. The van der Waals surface area contributed by atoms with Crippen molar-refractivity contribution < 1.29 is 9.84 Å². The fourth-order valence-corrected chi connectivity index (χ4v) is 6.26. The van der Waals surface area contributed by atoms with Crippen LogP contribution in [0, 0.1) is 11.8 Å². The summed E-state index contributed by atoms with van der Waals surface area (Å²) in [6.45, 7) is 3.39. The molecule has 0 saturated carbocycles. The van der Waals surface area contributed by atoms with E-state index in [1.54, 1.807) is 23.1 Å². The van der Waals surface area contributed by atoms with Gasteiger partial charge >= 0.3 is 0 Å². The number of aliphatic hydroxyl groups excluding tert-OH is 1. The predicted molar refractivity (Wildman–Crippen MR) is 102 cm³/mol. The molecule has 2 bridgehead atoms. The molecular weight excluding hydrogens is 370 g/mol. The highest BCUT2D eigenvalue weighted by molar-refractivity contribution is 8.01. The van der Waals surface area contributed by atoms with Crippen LogP contribution in [-0.2, 0) is 4.74 Å². The largest absolute Gasteiger partial charge is 0.396 e.